The zero-order chi connectivity index (χ0) is 19.7. The largest absolute Gasteiger partial charge is 0.495 e. The number of ether oxygens (including phenoxy) is 1. The summed E-state index contributed by atoms with van der Waals surface area (Å²) < 4.78 is 5.48. The molecule has 2 N–H and O–H groups in total. The molecule has 28 heavy (non-hydrogen) atoms. The number of hydrogen-bond acceptors (Lipinski definition) is 6. The molecule has 5 rings (SSSR count). The number of carbonyl (C=O) groups is 2. The van der Waals surface area contributed by atoms with E-state index in [1.165, 1.54) is 12.0 Å². The van der Waals surface area contributed by atoms with Gasteiger partial charge in [0.2, 0.25) is 17.1 Å². The summed E-state index contributed by atoms with van der Waals surface area (Å²) >= 11 is 0. The van der Waals surface area contributed by atoms with Crippen molar-refractivity contribution in [3.05, 3.63) is 70.9 Å². The van der Waals surface area contributed by atoms with Crippen molar-refractivity contribution in [2.75, 3.05) is 12.0 Å². The van der Waals surface area contributed by atoms with Crippen LogP contribution < -0.4 is 9.64 Å². The minimum atomic E-state index is -2.34. The summed E-state index contributed by atoms with van der Waals surface area (Å²) in [6.45, 7) is 0. The number of aliphatic hydroxyl groups is 2. The summed E-state index contributed by atoms with van der Waals surface area (Å²) in [5, 5.41) is 23.7. The molecule has 0 aromatic heterocycles. The molecule has 2 atom stereocenters. The number of nitrogens with zero attached hydrogens (tertiary/aromatic N) is 1. The zero-order valence-electron chi connectivity index (χ0n) is 15.3. The Balaban J connectivity index is 1.88. The van der Waals surface area contributed by atoms with Gasteiger partial charge in [-0.25, -0.2) is 0 Å². The molecule has 6 heteroatoms. The van der Waals surface area contributed by atoms with Crippen molar-refractivity contribution < 1.29 is 24.5 Å². The van der Waals surface area contributed by atoms with Gasteiger partial charge in [0.25, 0.3) is 0 Å². The third kappa shape index (κ3) is 1.75. The van der Waals surface area contributed by atoms with Crippen molar-refractivity contribution in [1.82, 2.24) is 0 Å². The van der Waals surface area contributed by atoms with Crippen molar-refractivity contribution in [1.29, 1.82) is 0 Å². The minimum Gasteiger partial charge on any atom is -0.495 e. The highest BCUT2D eigenvalue weighted by Gasteiger charge is 2.73. The summed E-state index contributed by atoms with van der Waals surface area (Å²) in [4.78, 5) is 27.7. The maximum atomic E-state index is 13.3. The molecule has 0 unspecified atom stereocenters. The fourth-order valence-electron chi connectivity index (χ4n) is 4.89. The number of methoxy groups -OCH3 is 1. The quantitative estimate of drug-likeness (QED) is 0.835. The fourth-order valence-corrected chi connectivity index (χ4v) is 4.89. The van der Waals surface area contributed by atoms with Crippen molar-refractivity contribution in [2.45, 2.75) is 30.6 Å². The van der Waals surface area contributed by atoms with Crippen LogP contribution in [0.4, 0.5) is 5.69 Å². The normalized spacial score (nSPS) is 28.3. The third-order valence-corrected chi connectivity index (χ3v) is 6.05. The van der Waals surface area contributed by atoms with E-state index in [1.807, 2.05) is 0 Å². The maximum absolute atomic E-state index is 13.3. The predicted octanol–water partition coefficient (Wildman–Crippen LogP) is 2.30. The van der Waals surface area contributed by atoms with E-state index in [4.69, 9.17) is 4.74 Å². The lowest BCUT2D eigenvalue weighted by atomic mass is 9.80. The zero-order valence-corrected chi connectivity index (χ0v) is 15.3. The van der Waals surface area contributed by atoms with E-state index in [9.17, 15) is 19.8 Å². The maximum Gasteiger partial charge on any atom is 0.211 e. The number of anilines is 1. The van der Waals surface area contributed by atoms with E-state index in [0.717, 1.165) is 0 Å². The number of carbonyl (C=O) groups excluding carboxylic acids is 2. The Morgan fingerprint density at radius 2 is 1.71 bits per heavy atom. The smallest absolute Gasteiger partial charge is 0.211 e. The molecule has 2 aliphatic carbocycles. The average molecular weight is 377 g/mol. The Bertz CT molecular complexity index is 1070. The molecule has 0 radical (unpaired) electrons. The summed E-state index contributed by atoms with van der Waals surface area (Å²) in [5.41, 5.74) is -2.96. The summed E-state index contributed by atoms with van der Waals surface area (Å²) in [5.74, 6) is -0.478. The summed E-state index contributed by atoms with van der Waals surface area (Å²) in [6.07, 6.45) is 1.30. The molecule has 3 aliphatic rings. The number of Topliss-reactive ketones (excluding diaryl/α,β-unsaturated/α-hetero) is 2. The Morgan fingerprint density at radius 3 is 2.50 bits per heavy atom. The van der Waals surface area contributed by atoms with E-state index in [0.29, 0.717) is 30.0 Å². The third-order valence-electron chi connectivity index (χ3n) is 6.05. The molecule has 2 aromatic rings. The highest BCUT2D eigenvalue weighted by atomic mass is 16.5. The number of allylic oxidation sites excluding steroid dienone is 1. The molecule has 2 aromatic carbocycles. The second-order valence-electron chi connectivity index (χ2n) is 7.36. The van der Waals surface area contributed by atoms with Crippen molar-refractivity contribution in [3.8, 4) is 5.75 Å². The van der Waals surface area contributed by atoms with Crippen molar-refractivity contribution in [3.63, 3.8) is 0 Å². The number of rotatable bonds is 2. The van der Waals surface area contributed by atoms with Crippen molar-refractivity contribution >= 4 is 17.3 Å². The Morgan fingerprint density at radius 1 is 1.00 bits per heavy atom. The van der Waals surface area contributed by atoms with Gasteiger partial charge in [-0.2, -0.15) is 0 Å². The molecule has 0 fully saturated rings. The molecule has 1 heterocycles. The predicted molar refractivity (Wildman–Crippen MR) is 101 cm³/mol. The SMILES string of the molecule is COc1ccccc1N1C2=C(C(=O)CCC2)[C@]2(O)C(=O)c3ccccc3[C@]12O. The lowest BCUT2D eigenvalue weighted by molar-refractivity contribution is -0.123. The monoisotopic (exact) mass is 377 g/mol. The molecule has 0 saturated heterocycles. The average Bonchev–Trinajstić information content (AvgIpc) is 3.03. The van der Waals surface area contributed by atoms with Gasteiger partial charge in [-0.15, -0.1) is 0 Å². The second-order valence-corrected chi connectivity index (χ2v) is 7.36. The molecular weight excluding hydrogens is 358 g/mol. The van der Waals surface area contributed by atoms with E-state index >= 15 is 0 Å². The molecule has 0 amide bonds. The molecular formula is C22H19NO5. The molecule has 0 spiro atoms. The van der Waals surface area contributed by atoms with Gasteiger partial charge in [0, 0.05) is 23.2 Å². The van der Waals surface area contributed by atoms with Crippen LogP contribution in [0.1, 0.15) is 35.2 Å². The first kappa shape index (κ1) is 17.2. The van der Waals surface area contributed by atoms with Crippen LogP contribution in [-0.4, -0.2) is 34.5 Å². The topological polar surface area (TPSA) is 87.1 Å². The summed E-state index contributed by atoms with van der Waals surface area (Å²) in [7, 11) is 1.51. The van der Waals surface area contributed by atoms with E-state index < -0.39 is 17.1 Å². The fraction of sp³-hybridized carbons (Fsp3) is 0.273. The number of ketones is 2. The number of benzene rings is 2. The van der Waals surface area contributed by atoms with Crippen LogP contribution in [-0.2, 0) is 10.5 Å². The lowest BCUT2D eigenvalue weighted by Gasteiger charge is -2.40. The highest BCUT2D eigenvalue weighted by molar-refractivity contribution is 6.19. The molecule has 142 valence electrons. The van der Waals surface area contributed by atoms with Crippen LogP contribution in [0.3, 0.4) is 0 Å². The van der Waals surface area contributed by atoms with Crippen LogP contribution >= 0.6 is 0 Å². The van der Waals surface area contributed by atoms with Gasteiger partial charge in [-0.05, 0) is 25.0 Å². The Kier molecular flexibility index (Phi) is 3.39. The first-order valence-electron chi connectivity index (χ1n) is 9.25. The van der Waals surface area contributed by atoms with Crippen LogP contribution in [0.25, 0.3) is 0 Å². The van der Waals surface area contributed by atoms with E-state index in [-0.39, 0.29) is 28.9 Å². The van der Waals surface area contributed by atoms with Crippen molar-refractivity contribution in [2.24, 2.45) is 0 Å². The van der Waals surface area contributed by atoms with Crippen LogP contribution in [0.2, 0.25) is 0 Å². The minimum absolute atomic E-state index is 0.00774. The highest BCUT2D eigenvalue weighted by Crippen LogP contribution is 2.60. The van der Waals surface area contributed by atoms with Crippen LogP contribution in [0, 0.1) is 0 Å². The van der Waals surface area contributed by atoms with Gasteiger partial charge in [-0.1, -0.05) is 36.4 Å². The molecule has 0 bridgehead atoms. The summed E-state index contributed by atoms with van der Waals surface area (Å²) in [6, 6.07) is 13.6. The van der Waals surface area contributed by atoms with Gasteiger partial charge < -0.3 is 19.8 Å². The number of hydrogen-bond donors (Lipinski definition) is 2. The first-order chi connectivity index (χ1) is 13.5. The number of para-hydroxylation sites is 2. The van der Waals surface area contributed by atoms with E-state index in [1.54, 1.807) is 48.5 Å². The van der Waals surface area contributed by atoms with Gasteiger partial charge in [0.1, 0.15) is 5.75 Å². The molecule has 0 saturated carbocycles. The Labute approximate surface area is 161 Å². The van der Waals surface area contributed by atoms with Gasteiger partial charge in [0.15, 0.2) is 5.78 Å². The lowest BCUT2D eigenvalue weighted by Crippen LogP contribution is -2.58. The van der Waals surface area contributed by atoms with E-state index in [2.05, 4.69) is 0 Å². The van der Waals surface area contributed by atoms with Gasteiger partial charge >= 0.3 is 0 Å². The Hall–Kier alpha value is -2.96. The second kappa shape index (κ2) is 5.53. The van der Waals surface area contributed by atoms with Crippen LogP contribution in [0.5, 0.6) is 5.75 Å². The van der Waals surface area contributed by atoms with Gasteiger partial charge in [0.05, 0.1) is 18.4 Å². The first-order valence-corrected chi connectivity index (χ1v) is 9.25. The number of fused-ring (bicyclic) bond motifs is 4. The standard InChI is InChI=1S/C22H19NO5/c1-28-18-12-5-4-9-15(18)23-16-10-6-11-17(24)19(16)21(26)20(25)13-7-2-3-8-14(13)22(21,23)27/h2-5,7-9,12,26-27H,6,10-11H2,1H3/t21-,22+/m0/s1. The van der Waals surface area contributed by atoms with Crippen LogP contribution in [0.15, 0.2) is 59.8 Å². The molecule has 6 nitrogen and oxygen atoms in total. The molecule has 1 aliphatic heterocycles. The van der Waals surface area contributed by atoms with Gasteiger partial charge in [-0.3, -0.25) is 9.59 Å².